The highest BCUT2D eigenvalue weighted by Crippen LogP contribution is 2.18. The lowest BCUT2D eigenvalue weighted by atomic mass is 10.2. The van der Waals surface area contributed by atoms with E-state index in [4.69, 9.17) is 11.6 Å². The molecule has 2 rings (SSSR count). The summed E-state index contributed by atoms with van der Waals surface area (Å²) in [4.78, 5) is 0. The first-order valence-electron chi connectivity index (χ1n) is 4.24. The molecule has 2 aromatic rings. The molecule has 0 aliphatic carbocycles. The molecule has 0 aliphatic heterocycles. The summed E-state index contributed by atoms with van der Waals surface area (Å²) in [5.74, 6) is 0. The van der Waals surface area contributed by atoms with Crippen molar-refractivity contribution in [2.24, 2.45) is 0 Å². The van der Waals surface area contributed by atoms with Gasteiger partial charge in [-0.1, -0.05) is 49.7 Å². The zero-order valence-corrected chi connectivity index (χ0v) is 8.42. The fourth-order valence-electron chi connectivity index (χ4n) is 0.993. The van der Waals surface area contributed by atoms with Crippen LogP contribution in [-0.4, -0.2) is 10.2 Å². The molecular weight excluding hydrogens is 184 g/mol. The fraction of sp³-hybridized carbons (Fsp3) is 0.200. The molecule has 0 radical (unpaired) electrons. The Labute approximate surface area is 82.6 Å². The summed E-state index contributed by atoms with van der Waals surface area (Å²) in [5, 5.41) is 9.88. The quantitative estimate of drug-likeness (QED) is 0.643. The fourth-order valence-corrected chi connectivity index (χ4v) is 1.21. The van der Waals surface area contributed by atoms with Crippen LogP contribution in [0.25, 0.3) is 10.8 Å². The van der Waals surface area contributed by atoms with Gasteiger partial charge in [-0.05, 0) is 0 Å². The molecule has 1 aromatic heterocycles. The summed E-state index contributed by atoms with van der Waals surface area (Å²) in [5.41, 5.74) is 0. The van der Waals surface area contributed by atoms with E-state index >= 15 is 0 Å². The van der Waals surface area contributed by atoms with Crippen LogP contribution in [0.15, 0.2) is 30.5 Å². The third-order valence-electron chi connectivity index (χ3n) is 1.53. The van der Waals surface area contributed by atoms with Gasteiger partial charge < -0.3 is 0 Å². The Hall–Kier alpha value is -1.15. The van der Waals surface area contributed by atoms with Gasteiger partial charge in [0.05, 0.1) is 6.20 Å². The summed E-state index contributed by atoms with van der Waals surface area (Å²) >= 11 is 5.78. The highest BCUT2D eigenvalue weighted by molar-refractivity contribution is 6.34. The van der Waals surface area contributed by atoms with Gasteiger partial charge in [0.2, 0.25) is 0 Å². The van der Waals surface area contributed by atoms with E-state index in [0.29, 0.717) is 5.15 Å². The average molecular weight is 195 g/mol. The van der Waals surface area contributed by atoms with E-state index in [1.165, 1.54) is 0 Å². The average Bonchev–Trinajstić information content (AvgIpc) is 2.22. The van der Waals surface area contributed by atoms with Crippen LogP contribution < -0.4 is 0 Å². The van der Waals surface area contributed by atoms with E-state index in [0.717, 1.165) is 10.8 Å². The molecule has 0 bridgehead atoms. The van der Waals surface area contributed by atoms with Crippen molar-refractivity contribution in [2.45, 2.75) is 13.8 Å². The number of hydrogen-bond donors (Lipinski definition) is 0. The number of hydrogen-bond acceptors (Lipinski definition) is 2. The van der Waals surface area contributed by atoms with E-state index in [2.05, 4.69) is 10.2 Å². The van der Waals surface area contributed by atoms with Crippen molar-refractivity contribution in [3.8, 4) is 0 Å². The highest BCUT2D eigenvalue weighted by Gasteiger charge is 1.96. The maximum absolute atomic E-state index is 5.78. The van der Waals surface area contributed by atoms with Crippen molar-refractivity contribution in [3.05, 3.63) is 35.6 Å². The van der Waals surface area contributed by atoms with Gasteiger partial charge in [0.1, 0.15) is 0 Å². The van der Waals surface area contributed by atoms with E-state index in [9.17, 15) is 0 Å². The lowest BCUT2D eigenvalue weighted by Gasteiger charge is -1.95. The number of rotatable bonds is 0. The summed E-state index contributed by atoms with van der Waals surface area (Å²) in [6.07, 6.45) is 1.70. The molecule has 0 atom stereocenters. The van der Waals surface area contributed by atoms with Crippen LogP contribution in [0.5, 0.6) is 0 Å². The first-order valence-corrected chi connectivity index (χ1v) is 4.61. The van der Waals surface area contributed by atoms with E-state index in [1.807, 2.05) is 38.1 Å². The molecule has 2 nitrogen and oxygen atoms in total. The summed E-state index contributed by atoms with van der Waals surface area (Å²) in [6, 6.07) is 7.75. The monoisotopic (exact) mass is 194 g/mol. The Bertz CT molecular complexity index is 382. The molecule has 68 valence electrons. The van der Waals surface area contributed by atoms with Crippen LogP contribution in [0, 0.1) is 0 Å². The molecule has 0 saturated carbocycles. The SMILES string of the molecule is CC.Clc1nncc2ccccc12. The first-order chi connectivity index (χ1) is 6.38. The van der Waals surface area contributed by atoms with Crippen LogP contribution in [0.3, 0.4) is 0 Å². The number of nitrogens with zero attached hydrogens (tertiary/aromatic N) is 2. The zero-order valence-electron chi connectivity index (χ0n) is 7.66. The van der Waals surface area contributed by atoms with Crippen molar-refractivity contribution < 1.29 is 0 Å². The maximum atomic E-state index is 5.78. The number of halogens is 1. The van der Waals surface area contributed by atoms with Gasteiger partial charge in [-0.25, -0.2) is 0 Å². The number of benzene rings is 1. The third-order valence-corrected chi connectivity index (χ3v) is 1.80. The Morgan fingerprint density at radius 3 is 2.54 bits per heavy atom. The largest absolute Gasteiger partial charge is 0.159 e. The lowest BCUT2D eigenvalue weighted by molar-refractivity contribution is 1.05. The minimum Gasteiger partial charge on any atom is -0.157 e. The van der Waals surface area contributed by atoms with Crippen molar-refractivity contribution in [1.29, 1.82) is 0 Å². The van der Waals surface area contributed by atoms with Crippen molar-refractivity contribution in [1.82, 2.24) is 10.2 Å². The van der Waals surface area contributed by atoms with Crippen LogP contribution >= 0.6 is 11.6 Å². The van der Waals surface area contributed by atoms with Crippen LogP contribution in [0.1, 0.15) is 13.8 Å². The minimum absolute atomic E-state index is 0.461. The molecule has 0 aliphatic rings. The Morgan fingerprint density at radius 1 is 1.15 bits per heavy atom. The molecule has 0 saturated heterocycles. The molecule has 0 N–H and O–H groups in total. The van der Waals surface area contributed by atoms with Crippen molar-refractivity contribution in [3.63, 3.8) is 0 Å². The maximum Gasteiger partial charge on any atom is 0.159 e. The molecule has 0 amide bonds. The molecule has 3 heteroatoms. The van der Waals surface area contributed by atoms with E-state index in [1.54, 1.807) is 6.20 Å². The lowest BCUT2D eigenvalue weighted by Crippen LogP contribution is -1.82. The van der Waals surface area contributed by atoms with Gasteiger partial charge in [-0.3, -0.25) is 0 Å². The second-order valence-corrected chi connectivity index (χ2v) is 2.58. The second-order valence-electron chi connectivity index (χ2n) is 2.22. The highest BCUT2D eigenvalue weighted by atomic mass is 35.5. The van der Waals surface area contributed by atoms with Crippen LogP contribution in [-0.2, 0) is 0 Å². The van der Waals surface area contributed by atoms with Gasteiger partial charge >= 0.3 is 0 Å². The Kier molecular flexibility index (Phi) is 3.65. The van der Waals surface area contributed by atoms with E-state index in [-0.39, 0.29) is 0 Å². The number of aromatic nitrogens is 2. The summed E-state index contributed by atoms with van der Waals surface area (Å²) in [7, 11) is 0. The molecule has 1 heterocycles. The van der Waals surface area contributed by atoms with Gasteiger partial charge in [-0.2, -0.15) is 5.10 Å². The Balaban J connectivity index is 0.000000396. The van der Waals surface area contributed by atoms with Crippen molar-refractivity contribution >= 4 is 22.4 Å². The second kappa shape index (κ2) is 4.77. The standard InChI is InChI=1S/C8H5ClN2.C2H6/c9-8-7-4-2-1-3-6(7)5-10-11-8;1-2/h1-5H;1-2H3. The molecule has 0 fully saturated rings. The van der Waals surface area contributed by atoms with Crippen LogP contribution in [0.4, 0.5) is 0 Å². The number of fused-ring (bicyclic) bond motifs is 1. The van der Waals surface area contributed by atoms with Crippen molar-refractivity contribution in [2.75, 3.05) is 0 Å². The van der Waals surface area contributed by atoms with Gasteiger partial charge in [0.15, 0.2) is 5.15 Å². The predicted molar refractivity (Wildman–Crippen MR) is 55.9 cm³/mol. The summed E-state index contributed by atoms with van der Waals surface area (Å²) in [6.45, 7) is 4.00. The molecule has 0 unspecified atom stereocenters. The summed E-state index contributed by atoms with van der Waals surface area (Å²) < 4.78 is 0. The third kappa shape index (κ3) is 2.16. The van der Waals surface area contributed by atoms with Crippen LogP contribution in [0.2, 0.25) is 5.15 Å². The first kappa shape index (κ1) is 9.93. The predicted octanol–water partition coefficient (Wildman–Crippen LogP) is 3.31. The van der Waals surface area contributed by atoms with E-state index < -0.39 is 0 Å². The Morgan fingerprint density at radius 2 is 1.85 bits per heavy atom. The zero-order chi connectivity index (χ0) is 9.68. The topological polar surface area (TPSA) is 25.8 Å². The minimum atomic E-state index is 0.461. The van der Waals surface area contributed by atoms with Gasteiger partial charge in [-0.15, -0.1) is 5.10 Å². The molecule has 1 aromatic carbocycles. The molecular formula is C10H11ClN2. The normalized spacial score (nSPS) is 9.15. The molecule has 0 spiro atoms. The van der Waals surface area contributed by atoms with Gasteiger partial charge in [0.25, 0.3) is 0 Å². The smallest absolute Gasteiger partial charge is 0.157 e. The van der Waals surface area contributed by atoms with Gasteiger partial charge in [0, 0.05) is 10.8 Å². The molecule has 13 heavy (non-hydrogen) atoms.